The van der Waals surface area contributed by atoms with Crippen LogP contribution in [0.5, 0.6) is 0 Å². The minimum Gasteiger partial charge on any atom is -0.303 e. The van der Waals surface area contributed by atoms with Gasteiger partial charge in [0.25, 0.3) is 0 Å². The molecule has 72 valence electrons. The first-order valence-corrected chi connectivity index (χ1v) is 4.45. The van der Waals surface area contributed by atoms with E-state index in [0.717, 1.165) is 26.1 Å². The van der Waals surface area contributed by atoms with Crippen molar-refractivity contribution in [2.24, 2.45) is 5.11 Å². The lowest BCUT2D eigenvalue weighted by molar-refractivity contribution is 0.293. The Labute approximate surface area is 78.6 Å². The zero-order valence-corrected chi connectivity index (χ0v) is 7.98. The van der Waals surface area contributed by atoms with Crippen molar-refractivity contribution in [3.05, 3.63) is 10.4 Å². The average Bonchev–Trinajstić information content (AvgIpc) is 2.17. The molecule has 5 nitrogen and oxygen atoms in total. The molecule has 0 unspecified atom stereocenters. The van der Waals surface area contributed by atoms with E-state index in [9.17, 15) is 0 Å². The Hall–Kier alpha value is -1.24. The number of nitriles is 1. The highest BCUT2D eigenvalue weighted by Crippen LogP contribution is 1.93. The SMILES string of the molecule is CCN(CCC#N)CCCN=[N+]=[N-]. The van der Waals surface area contributed by atoms with Gasteiger partial charge in [0.1, 0.15) is 0 Å². The van der Waals surface area contributed by atoms with Crippen molar-refractivity contribution in [3.8, 4) is 6.07 Å². The molecule has 0 N–H and O–H groups in total. The lowest BCUT2D eigenvalue weighted by Crippen LogP contribution is -2.25. The Kier molecular flexibility index (Phi) is 8.01. The van der Waals surface area contributed by atoms with Crippen molar-refractivity contribution in [3.63, 3.8) is 0 Å². The number of hydrogen-bond acceptors (Lipinski definition) is 3. The lowest BCUT2D eigenvalue weighted by atomic mass is 10.3. The van der Waals surface area contributed by atoms with E-state index < -0.39 is 0 Å². The summed E-state index contributed by atoms with van der Waals surface area (Å²) in [6.07, 6.45) is 1.43. The molecule has 0 radical (unpaired) electrons. The summed E-state index contributed by atoms with van der Waals surface area (Å²) in [5, 5.41) is 11.8. The van der Waals surface area contributed by atoms with Crippen LogP contribution in [0.3, 0.4) is 0 Å². The highest BCUT2D eigenvalue weighted by Gasteiger charge is 1.99. The largest absolute Gasteiger partial charge is 0.303 e. The van der Waals surface area contributed by atoms with Gasteiger partial charge in [-0.3, -0.25) is 0 Å². The summed E-state index contributed by atoms with van der Waals surface area (Å²) in [4.78, 5) is 4.85. The van der Waals surface area contributed by atoms with E-state index >= 15 is 0 Å². The van der Waals surface area contributed by atoms with Gasteiger partial charge in [-0.05, 0) is 25.0 Å². The fourth-order valence-electron chi connectivity index (χ4n) is 1.05. The van der Waals surface area contributed by atoms with Gasteiger partial charge < -0.3 is 4.90 Å². The van der Waals surface area contributed by atoms with Crippen molar-refractivity contribution in [2.75, 3.05) is 26.2 Å². The Balaban J connectivity index is 3.48. The quantitative estimate of drug-likeness (QED) is 0.260. The number of hydrogen-bond donors (Lipinski definition) is 0. The van der Waals surface area contributed by atoms with Crippen LogP contribution in [0.1, 0.15) is 19.8 Å². The van der Waals surface area contributed by atoms with Crippen LogP contribution in [0.2, 0.25) is 0 Å². The fraction of sp³-hybridized carbons (Fsp3) is 0.875. The van der Waals surface area contributed by atoms with E-state index in [2.05, 4.69) is 27.9 Å². The number of rotatable bonds is 7. The zero-order chi connectivity index (χ0) is 9.94. The van der Waals surface area contributed by atoms with E-state index in [-0.39, 0.29) is 0 Å². The van der Waals surface area contributed by atoms with Gasteiger partial charge in [0, 0.05) is 24.4 Å². The summed E-state index contributed by atoms with van der Waals surface area (Å²) in [6.45, 7) is 5.25. The second kappa shape index (κ2) is 8.85. The maximum Gasteiger partial charge on any atom is 0.0635 e. The van der Waals surface area contributed by atoms with Crippen LogP contribution in [0.25, 0.3) is 10.4 Å². The first-order chi connectivity index (χ1) is 6.35. The molecule has 0 aliphatic rings. The van der Waals surface area contributed by atoms with Crippen molar-refractivity contribution in [2.45, 2.75) is 19.8 Å². The molecule has 0 spiro atoms. The zero-order valence-electron chi connectivity index (χ0n) is 7.98. The Bertz CT molecular complexity index is 201. The minimum atomic E-state index is 0.541. The summed E-state index contributed by atoms with van der Waals surface area (Å²) in [6, 6.07) is 2.11. The third-order valence-corrected chi connectivity index (χ3v) is 1.78. The molecule has 0 aromatic heterocycles. The van der Waals surface area contributed by atoms with Crippen LogP contribution in [0.15, 0.2) is 5.11 Å². The molecule has 0 amide bonds. The first kappa shape index (κ1) is 11.8. The molecular formula is C8H15N5. The Morgan fingerprint density at radius 2 is 2.31 bits per heavy atom. The maximum absolute atomic E-state index is 8.38. The van der Waals surface area contributed by atoms with Crippen molar-refractivity contribution in [1.82, 2.24) is 4.90 Å². The van der Waals surface area contributed by atoms with Gasteiger partial charge in [-0.2, -0.15) is 5.26 Å². The molecule has 0 bridgehead atoms. The third kappa shape index (κ3) is 7.13. The second-order valence-corrected chi connectivity index (χ2v) is 2.65. The summed E-state index contributed by atoms with van der Waals surface area (Å²) >= 11 is 0. The van der Waals surface area contributed by atoms with Gasteiger partial charge in [0.15, 0.2) is 0 Å². The van der Waals surface area contributed by atoms with E-state index in [4.69, 9.17) is 10.8 Å². The molecule has 0 atom stereocenters. The van der Waals surface area contributed by atoms with Gasteiger partial charge in [0.05, 0.1) is 6.07 Å². The molecule has 13 heavy (non-hydrogen) atoms. The standard InChI is InChI=1S/C8H15N5/c1-2-13(7-3-5-9)8-4-6-11-12-10/h2-4,6-8H2,1H3. The summed E-state index contributed by atoms with van der Waals surface area (Å²) in [5.74, 6) is 0. The van der Waals surface area contributed by atoms with Gasteiger partial charge in [-0.25, -0.2) is 0 Å². The topological polar surface area (TPSA) is 75.8 Å². The first-order valence-electron chi connectivity index (χ1n) is 4.45. The molecule has 0 aromatic rings. The van der Waals surface area contributed by atoms with Crippen LogP contribution in [0.4, 0.5) is 0 Å². The second-order valence-electron chi connectivity index (χ2n) is 2.65. The molecule has 0 saturated heterocycles. The number of nitrogens with zero attached hydrogens (tertiary/aromatic N) is 5. The Morgan fingerprint density at radius 3 is 2.85 bits per heavy atom. The predicted molar refractivity (Wildman–Crippen MR) is 51.0 cm³/mol. The van der Waals surface area contributed by atoms with E-state index in [1.54, 1.807) is 0 Å². The van der Waals surface area contributed by atoms with Gasteiger partial charge in [-0.15, -0.1) is 0 Å². The van der Waals surface area contributed by atoms with Crippen LogP contribution >= 0.6 is 0 Å². The van der Waals surface area contributed by atoms with Crippen molar-refractivity contribution in [1.29, 1.82) is 5.26 Å². The molecule has 5 heteroatoms. The molecule has 0 aromatic carbocycles. The normalized spacial score (nSPS) is 9.31. The van der Waals surface area contributed by atoms with E-state index in [0.29, 0.717) is 13.0 Å². The molecule has 0 fully saturated rings. The third-order valence-electron chi connectivity index (χ3n) is 1.78. The number of azide groups is 1. The summed E-state index contributed by atoms with van der Waals surface area (Å²) < 4.78 is 0. The highest BCUT2D eigenvalue weighted by atomic mass is 15.1. The molecule has 0 aliphatic heterocycles. The van der Waals surface area contributed by atoms with Crippen LogP contribution in [0, 0.1) is 11.3 Å². The lowest BCUT2D eigenvalue weighted by Gasteiger charge is -2.17. The van der Waals surface area contributed by atoms with E-state index in [1.807, 2.05) is 0 Å². The van der Waals surface area contributed by atoms with Crippen LogP contribution < -0.4 is 0 Å². The smallest absolute Gasteiger partial charge is 0.0635 e. The fourth-order valence-corrected chi connectivity index (χ4v) is 1.05. The van der Waals surface area contributed by atoms with Crippen molar-refractivity contribution >= 4 is 0 Å². The Morgan fingerprint density at radius 1 is 1.54 bits per heavy atom. The molecule has 0 heterocycles. The molecule has 0 rings (SSSR count). The minimum absolute atomic E-state index is 0.541. The predicted octanol–water partition coefficient (Wildman–Crippen LogP) is 1.92. The summed E-state index contributed by atoms with van der Waals surface area (Å²) in [5.41, 5.74) is 8.03. The van der Waals surface area contributed by atoms with Crippen LogP contribution in [-0.2, 0) is 0 Å². The van der Waals surface area contributed by atoms with Gasteiger partial charge in [-0.1, -0.05) is 12.0 Å². The maximum atomic E-state index is 8.38. The van der Waals surface area contributed by atoms with Crippen LogP contribution in [-0.4, -0.2) is 31.1 Å². The van der Waals surface area contributed by atoms with Gasteiger partial charge >= 0.3 is 0 Å². The summed E-state index contributed by atoms with van der Waals surface area (Å²) in [7, 11) is 0. The van der Waals surface area contributed by atoms with Crippen molar-refractivity contribution < 1.29 is 0 Å². The molecular weight excluding hydrogens is 166 g/mol. The van der Waals surface area contributed by atoms with E-state index in [1.165, 1.54) is 0 Å². The average molecular weight is 181 g/mol. The monoisotopic (exact) mass is 181 g/mol. The van der Waals surface area contributed by atoms with Gasteiger partial charge in [0.2, 0.25) is 0 Å². The molecule has 0 aliphatic carbocycles. The molecule has 0 saturated carbocycles. The highest BCUT2D eigenvalue weighted by molar-refractivity contribution is 4.71.